The number of aryl methyl sites for hydroxylation is 1. The van der Waals surface area contributed by atoms with Gasteiger partial charge in [0.15, 0.2) is 5.69 Å². The first-order chi connectivity index (χ1) is 11.6. The van der Waals surface area contributed by atoms with Gasteiger partial charge in [-0.1, -0.05) is 17.3 Å². The van der Waals surface area contributed by atoms with E-state index in [-0.39, 0.29) is 12.3 Å². The third kappa shape index (κ3) is 3.57. The Morgan fingerprint density at radius 1 is 1.29 bits per heavy atom. The maximum absolute atomic E-state index is 13.2. The maximum atomic E-state index is 13.2. The number of carbonyl (C=O) groups excluding carboxylic acids is 1. The van der Waals surface area contributed by atoms with Crippen LogP contribution in [0.5, 0.6) is 5.75 Å². The molecule has 0 radical (unpaired) electrons. The van der Waals surface area contributed by atoms with Crippen molar-refractivity contribution in [3.05, 3.63) is 71.5 Å². The second-order valence-electron chi connectivity index (χ2n) is 4.98. The van der Waals surface area contributed by atoms with Crippen LogP contribution in [-0.4, -0.2) is 16.0 Å². The molecule has 0 aliphatic heterocycles. The summed E-state index contributed by atoms with van der Waals surface area (Å²) in [6.07, 6.45) is 1.57. The zero-order valence-electron chi connectivity index (χ0n) is 12.8. The molecule has 2 aromatic heterocycles. The van der Waals surface area contributed by atoms with Crippen molar-refractivity contribution in [3.63, 3.8) is 0 Å². The fourth-order valence-electron chi connectivity index (χ4n) is 2.06. The third-order valence-corrected chi connectivity index (χ3v) is 3.29. The zero-order valence-corrected chi connectivity index (χ0v) is 12.8. The molecule has 24 heavy (non-hydrogen) atoms. The molecule has 1 N–H and O–H groups in total. The molecule has 0 unspecified atom stereocenters. The number of anilines is 1. The molecule has 0 bridgehead atoms. The Morgan fingerprint density at radius 3 is 2.92 bits per heavy atom. The highest BCUT2D eigenvalue weighted by Gasteiger charge is 2.20. The minimum absolute atomic E-state index is 0.0315. The summed E-state index contributed by atoms with van der Waals surface area (Å²) >= 11 is 0. The molecule has 0 saturated heterocycles. The highest BCUT2D eigenvalue weighted by Crippen LogP contribution is 2.19. The molecule has 0 saturated carbocycles. The summed E-state index contributed by atoms with van der Waals surface area (Å²) in [6.45, 7) is 1.71. The Hall–Kier alpha value is -3.22. The molecule has 0 aliphatic carbocycles. The van der Waals surface area contributed by atoms with Crippen molar-refractivity contribution in [2.75, 3.05) is 5.32 Å². The Morgan fingerprint density at radius 2 is 2.17 bits per heavy atom. The molecule has 6 nitrogen and oxygen atoms in total. The zero-order chi connectivity index (χ0) is 16.9. The van der Waals surface area contributed by atoms with E-state index < -0.39 is 11.7 Å². The normalized spacial score (nSPS) is 10.4. The number of amides is 1. The minimum Gasteiger partial charge on any atom is -0.489 e. The first kappa shape index (κ1) is 15.7. The smallest absolute Gasteiger partial charge is 0.279 e. The van der Waals surface area contributed by atoms with Crippen molar-refractivity contribution in [3.8, 4) is 5.75 Å². The van der Waals surface area contributed by atoms with E-state index in [2.05, 4.69) is 15.5 Å². The van der Waals surface area contributed by atoms with Gasteiger partial charge >= 0.3 is 0 Å². The number of ether oxygens (including phenoxy) is 1. The summed E-state index contributed by atoms with van der Waals surface area (Å²) in [7, 11) is 0. The molecule has 1 amide bonds. The van der Waals surface area contributed by atoms with Gasteiger partial charge < -0.3 is 14.6 Å². The summed E-state index contributed by atoms with van der Waals surface area (Å²) in [6, 6.07) is 10.9. The topological polar surface area (TPSA) is 77.3 Å². The largest absolute Gasteiger partial charge is 0.489 e. The summed E-state index contributed by atoms with van der Waals surface area (Å²) in [5, 5.41) is 6.40. The van der Waals surface area contributed by atoms with Crippen molar-refractivity contribution in [1.82, 2.24) is 10.1 Å². The van der Waals surface area contributed by atoms with E-state index in [1.54, 1.807) is 43.5 Å². The van der Waals surface area contributed by atoms with Crippen LogP contribution in [0.2, 0.25) is 0 Å². The number of pyridine rings is 1. The van der Waals surface area contributed by atoms with E-state index in [0.29, 0.717) is 22.9 Å². The van der Waals surface area contributed by atoms with Crippen LogP contribution in [0.25, 0.3) is 0 Å². The lowest BCUT2D eigenvalue weighted by Gasteiger charge is -2.07. The van der Waals surface area contributed by atoms with E-state index in [4.69, 9.17) is 9.26 Å². The van der Waals surface area contributed by atoms with Crippen LogP contribution in [0, 0.1) is 12.7 Å². The van der Waals surface area contributed by atoms with E-state index in [1.807, 2.05) is 0 Å². The second-order valence-corrected chi connectivity index (χ2v) is 4.98. The number of halogens is 1. The van der Waals surface area contributed by atoms with Crippen molar-refractivity contribution in [2.45, 2.75) is 13.5 Å². The average molecular weight is 327 g/mol. The maximum Gasteiger partial charge on any atom is 0.279 e. The highest BCUT2D eigenvalue weighted by atomic mass is 19.1. The van der Waals surface area contributed by atoms with Gasteiger partial charge in [0, 0.05) is 12.3 Å². The van der Waals surface area contributed by atoms with Crippen LogP contribution in [-0.2, 0) is 6.61 Å². The van der Waals surface area contributed by atoms with Crippen LogP contribution < -0.4 is 10.1 Å². The Labute approximate surface area is 137 Å². The molecule has 0 aliphatic rings. The summed E-state index contributed by atoms with van der Waals surface area (Å²) in [4.78, 5) is 16.3. The monoisotopic (exact) mass is 327 g/mol. The Bertz CT molecular complexity index is 849. The first-order valence-electron chi connectivity index (χ1n) is 7.19. The molecule has 3 aromatic rings. The van der Waals surface area contributed by atoms with Crippen LogP contribution in [0.3, 0.4) is 0 Å². The SMILES string of the molecule is Cc1onc(C(=O)Nc2ccccn2)c1COc1cccc(F)c1. The van der Waals surface area contributed by atoms with Gasteiger partial charge in [-0.25, -0.2) is 9.37 Å². The van der Waals surface area contributed by atoms with Gasteiger partial charge in [0.05, 0.1) is 5.56 Å². The molecule has 0 atom stereocenters. The Balaban J connectivity index is 1.74. The number of nitrogens with one attached hydrogen (secondary N) is 1. The second kappa shape index (κ2) is 6.91. The summed E-state index contributed by atoms with van der Waals surface area (Å²) in [5.74, 6) is 0.357. The van der Waals surface area contributed by atoms with Gasteiger partial charge in [0.2, 0.25) is 0 Å². The number of hydrogen-bond acceptors (Lipinski definition) is 5. The number of benzene rings is 1. The number of aromatic nitrogens is 2. The predicted molar refractivity (Wildman–Crippen MR) is 84.2 cm³/mol. The van der Waals surface area contributed by atoms with Gasteiger partial charge in [0.1, 0.15) is 29.8 Å². The molecule has 7 heteroatoms. The minimum atomic E-state index is -0.455. The van der Waals surface area contributed by atoms with Gasteiger partial charge in [-0.3, -0.25) is 4.79 Å². The Kier molecular flexibility index (Phi) is 4.51. The third-order valence-electron chi connectivity index (χ3n) is 3.29. The molecule has 3 rings (SSSR count). The van der Waals surface area contributed by atoms with Crippen LogP contribution in [0.15, 0.2) is 53.2 Å². The van der Waals surface area contributed by atoms with E-state index in [9.17, 15) is 9.18 Å². The predicted octanol–water partition coefficient (Wildman–Crippen LogP) is 3.35. The molecular formula is C17H14FN3O3. The van der Waals surface area contributed by atoms with Crippen LogP contribution >= 0.6 is 0 Å². The molecule has 0 fully saturated rings. The van der Waals surface area contributed by atoms with Crippen molar-refractivity contribution in [1.29, 1.82) is 0 Å². The van der Waals surface area contributed by atoms with E-state index in [1.165, 1.54) is 12.1 Å². The lowest BCUT2D eigenvalue weighted by molar-refractivity contribution is 0.101. The van der Waals surface area contributed by atoms with Gasteiger partial charge in [-0.2, -0.15) is 0 Å². The van der Waals surface area contributed by atoms with Crippen LogP contribution in [0.4, 0.5) is 10.2 Å². The van der Waals surface area contributed by atoms with Gasteiger partial charge in [0.25, 0.3) is 5.91 Å². The number of hydrogen-bond donors (Lipinski definition) is 1. The average Bonchev–Trinajstić information content (AvgIpc) is 2.95. The standard InChI is InChI=1S/C17H14FN3O3/c1-11-14(10-23-13-6-4-5-12(18)9-13)16(21-24-11)17(22)20-15-7-2-3-8-19-15/h2-9H,10H2,1H3,(H,19,20,22). The number of carbonyl (C=O) groups is 1. The number of rotatable bonds is 5. The summed E-state index contributed by atoms with van der Waals surface area (Å²) < 4.78 is 23.8. The molecule has 1 aromatic carbocycles. The summed E-state index contributed by atoms with van der Waals surface area (Å²) in [5.41, 5.74) is 0.599. The van der Waals surface area contributed by atoms with Gasteiger partial charge in [-0.05, 0) is 31.2 Å². The van der Waals surface area contributed by atoms with E-state index in [0.717, 1.165) is 0 Å². The van der Waals surface area contributed by atoms with Crippen LogP contribution in [0.1, 0.15) is 21.8 Å². The quantitative estimate of drug-likeness (QED) is 0.777. The molecule has 2 heterocycles. The van der Waals surface area contributed by atoms with Gasteiger partial charge in [-0.15, -0.1) is 0 Å². The molecule has 122 valence electrons. The van der Waals surface area contributed by atoms with E-state index >= 15 is 0 Å². The lowest BCUT2D eigenvalue weighted by atomic mass is 10.2. The fourth-order valence-corrected chi connectivity index (χ4v) is 2.06. The lowest BCUT2D eigenvalue weighted by Crippen LogP contribution is -2.16. The molecular weight excluding hydrogens is 313 g/mol. The molecule has 0 spiro atoms. The van der Waals surface area contributed by atoms with Crippen molar-refractivity contribution in [2.24, 2.45) is 0 Å². The van der Waals surface area contributed by atoms with Crippen molar-refractivity contribution >= 4 is 11.7 Å². The van der Waals surface area contributed by atoms with Crippen molar-refractivity contribution < 1.29 is 18.4 Å². The fraction of sp³-hybridized carbons (Fsp3) is 0.118. The highest BCUT2D eigenvalue weighted by molar-refractivity contribution is 6.03. The first-order valence-corrected chi connectivity index (χ1v) is 7.19. The number of nitrogens with zero attached hydrogens (tertiary/aromatic N) is 2.